The first kappa shape index (κ1) is 19.0. The molecule has 144 valence electrons. The number of carbonyl (C=O) groups excluding carboxylic acids is 2. The molecule has 6 heteroatoms. The van der Waals surface area contributed by atoms with Gasteiger partial charge in [0.2, 0.25) is 5.91 Å². The molecule has 1 aromatic carbocycles. The molecule has 3 rings (SSSR count). The number of likely N-dealkylation sites (tertiary alicyclic amines) is 1. The van der Waals surface area contributed by atoms with Gasteiger partial charge >= 0.3 is 0 Å². The van der Waals surface area contributed by atoms with Crippen molar-refractivity contribution < 1.29 is 14.0 Å². The van der Waals surface area contributed by atoms with E-state index in [0.717, 1.165) is 25.9 Å². The van der Waals surface area contributed by atoms with Gasteiger partial charge in [-0.1, -0.05) is 31.4 Å². The lowest BCUT2D eigenvalue weighted by Gasteiger charge is -2.25. The first-order valence-corrected chi connectivity index (χ1v) is 9.65. The van der Waals surface area contributed by atoms with E-state index >= 15 is 0 Å². The van der Waals surface area contributed by atoms with Crippen LogP contribution in [0.15, 0.2) is 47.1 Å². The Morgan fingerprint density at radius 3 is 2.44 bits per heavy atom. The Balaban J connectivity index is 1.56. The van der Waals surface area contributed by atoms with Crippen molar-refractivity contribution in [2.45, 2.75) is 38.6 Å². The van der Waals surface area contributed by atoms with Crippen molar-refractivity contribution in [2.24, 2.45) is 0 Å². The number of nitrogens with one attached hydrogen (secondary N) is 2. The number of rotatable bonds is 6. The normalized spacial score (nSPS) is 14.9. The summed E-state index contributed by atoms with van der Waals surface area (Å²) in [5, 5.41) is 5.98. The molecule has 6 nitrogen and oxygen atoms in total. The summed E-state index contributed by atoms with van der Waals surface area (Å²) in [7, 11) is 0. The van der Waals surface area contributed by atoms with Crippen LogP contribution in [-0.4, -0.2) is 36.3 Å². The first-order chi connectivity index (χ1) is 13.2. The zero-order chi connectivity index (χ0) is 18.9. The Morgan fingerprint density at radius 2 is 1.70 bits per heavy atom. The number of anilines is 1. The fraction of sp³-hybridized carbons (Fsp3) is 0.429. The Hall–Kier alpha value is -2.76. The first-order valence-electron chi connectivity index (χ1n) is 9.65. The summed E-state index contributed by atoms with van der Waals surface area (Å²) in [6.07, 6.45) is 7.36. The Bertz CT molecular complexity index is 735. The average molecular weight is 369 g/mol. The molecule has 0 unspecified atom stereocenters. The van der Waals surface area contributed by atoms with Gasteiger partial charge in [0.1, 0.15) is 5.76 Å². The van der Waals surface area contributed by atoms with Crippen molar-refractivity contribution >= 4 is 17.5 Å². The molecular weight excluding hydrogens is 342 g/mol. The average Bonchev–Trinajstić information content (AvgIpc) is 3.18. The van der Waals surface area contributed by atoms with Crippen LogP contribution >= 0.6 is 0 Å². The smallest absolute Gasteiger partial charge is 0.253 e. The fourth-order valence-corrected chi connectivity index (χ4v) is 3.29. The van der Waals surface area contributed by atoms with Gasteiger partial charge < -0.3 is 20.0 Å². The van der Waals surface area contributed by atoms with E-state index in [1.54, 1.807) is 18.4 Å². The van der Waals surface area contributed by atoms with Gasteiger partial charge in [-0.3, -0.25) is 9.59 Å². The fourth-order valence-electron chi connectivity index (χ4n) is 3.29. The molecule has 0 atom stereocenters. The van der Waals surface area contributed by atoms with E-state index < -0.39 is 0 Å². The Kier molecular flexibility index (Phi) is 6.90. The Labute approximate surface area is 159 Å². The van der Waals surface area contributed by atoms with Gasteiger partial charge in [0.05, 0.1) is 24.9 Å². The van der Waals surface area contributed by atoms with Gasteiger partial charge in [0.25, 0.3) is 5.91 Å². The van der Waals surface area contributed by atoms with Crippen molar-refractivity contribution in [2.75, 3.05) is 25.0 Å². The van der Waals surface area contributed by atoms with Crippen LogP contribution < -0.4 is 10.6 Å². The summed E-state index contributed by atoms with van der Waals surface area (Å²) in [4.78, 5) is 27.0. The number of benzene rings is 1. The minimum Gasteiger partial charge on any atom is -0.467 e. The van der Waals surface area contributed by atoms with Gasteiger partial charge in [-0.15, -0.1) is 0 Å². The van der Waals surface area contributed by atoms with Crippen LogP contribution in [0.2, 0.25) is 0 Å². The summed E-state index contributed by atoms with van der Waals surface area (Å²) in [6.45, 7) is 2.17. The van der Waals surface area contributed by atoms with E-state index in [0.29, 0.717) is 23.6 Å². The summed E-state index contributed by atoms with van der Waals surface area (Å²) in [5.74, 6) is 0.581. The molecule has 1 saturated heterocycles. The highest BCUT2D eigenvalue weighted by molar-refractivity contribution is 6.00. The molecule has 27 heavy (non-hydrogen) atoms. The van der Waals surface area contributed by atoms with Crippen molar-refractivity contribution in [3.05, 3.63) is 54.0 Å². The number of furan rings is 1. The van der Waals surface area contributed by atoms with Crippen molar-refractivity contribution in [1.29, 1.82) is 0 Å². The zero-order valence-electron chi connectivity index (χ0n) is 15.6. The highest BCUT2D eigenvalue weighted by atomic mass is 16.3. The third-order valence-corrected chi connectivity index (χ3v) is 4.81. The van der Waals surface area contributed by atoms with Crippen LogP contribution in [0, 0.1) is 0 Å². The quantitative estimate of drug-likeness (QED) is 0.818. The maximum absolute atomic E-state index is 12.5. The molecule has 2 N–H and O–H groups in total. The number of para-hydroxylation sites is 1. The minimum absolute atomic E-state index is 0.0858. The molecule has 1 aromatic heterocycles. The molecule has 0 saturated carbocycles. The van der Waals surface area contributed by atoms with Crippen LogP contribution in [0.1, 0.15) is 48.2 Å². The maximum Gasteiger partial charge on any atom is 0.253 e. The second-order valence-corrected chi connectivity index (χ2v) is 6.81. The molecule has 0 radical (unpaired) electrons. The van der Waals surface area contributed by atoms with Crippen molar-refractivity contribution in [3.63, 3.8) is 0 Å². The third kappa shape index (κ3) is 5.61. The zero-order valence-corrected chi connectivity index (χ0v) is 15.6. The summed E-state index contributed by atoms with van der Waals surface area (Å²) in [5.41, 5.74) is 1.18. The lowest BCUT2D eigenvalue weighted by Crippen LogP contribution is -2.38. The summed E-state index contributed by atoms with van der Waals surface area (Å²) in [6, 6.07) is 10.8. The number of hydrogen-bond donors (Lipinski definition) is 2. The largest absolute Gasteiger partial charge is 0.467 e. The van der Waals surface area contributed by atoms with E-state index in [1.807, 2.05) is 29.2 Å². The molecule has 1 aliphatic heterocycles. The SMILES string of the molecule is O=C(NCc1ccco1)c1ccccc1NCC(=O)N1CCCCCCC1. The molecule has 0 aliphatic carbocycles. The van der Waals surface area contributed by atoms with E-state index in [9.17, 15) is 9.59 Å². The van der Waals surface area contributed by atoms with Crippen molar-refractivity contribution in [1.82, 2.24) is 10.2 Å². The molecule has 2 aromatic rings. The van der Waals surface area contributed by atoms with Gasteiger partial charge in [-0.2, -0.15) is 0 Å². The topological polar surface area (TPSA) is 74.6 Å². The lowest BCUT2D eigenvalue weighted by atomic mass is 10.1. The van der Waals surface area contributed by atoms with Crippen LogP contribution in [0.3, 0.4) is 0 Å². The summed E-state index contributed by atoms with van der Waals surface area (Å²) >= 11 is 0. The third-order valence-electron chi connectivity index (χ3n) is 4.81. The second kappa shape index (κ2) is 9.80. The predicted octanol–water partition coefficient (Wildman–Crippen LogP) is 3.41. The molecular formula is C21H27N3O3. The molecule has 1 aliphatic rings. The predicted molar refractivity (Wildman–Crippen MR) is 104 cm³/mol. The van der Waals surface area contributed by atoms with Crippen LogP contribution in [0.4, 0.5) is 5.69 Å². The molecule has 2 heterocycles. The van der Waals surface area contributed by atoms with Crippen LogP contribution in [0.5, 0.6) is 0 Å². The number of carbonyl (C=O) groups is 2. The van der Waals surface area contributed by atoms with Gasteiger partial charge in [0.15, 0.2) is 0 Å². The lowest BCUT2D eigenvalue weighted by molar-refractivity contribution is -0.129. The standard InChI is InChI=1S/C21H27N3O3/c25-20(24-12-6-2-1-3-7-13-24)16-22-19-11-5-4-10-18(19)21(26)23-15-17-9-8-14-27-17/h4-5,8-11,14,22H,1-3,6-7,12-13,15-16H2,(H,23,26). The number of hydrogen-bond acceptors (Lipinski definition) is 4. The maximum atomic E-state index is 12.5. The highest BCUT2D eigenvalue weighted by Crippen LogP contribution is 2.16. The molecule has 2 amide bonds. The monoisotopic (exact) mass is 369 g/mol. The highest BCUT2D eigenvalue weighted by Gasteiger charge is 2.16. The van der Waals surface area contributed by atoms with E-state index in [1.165, 1.54) is 19.3 Å². The van der Waals surface area contributed by atoms with Crippen LogP contribution in [-0.2, 0) is 11.3 Å². The van der Waals surface area contributed by atoms with Crippen molar-refractivity contribution in [3.8, 4) is 0 Å². The summed E-state index contributed by atoms with van der Waals surface area (Å²) < 4.78 is 5.23. The van der Waals surface area contributed by atoms with Gasteiger partial charge in [-0.25, -0.2) is 0 Å². The number of nitrogens with zero attached hydrogens (tertiary/aromatic N) is 1. The van der Waals surface area contributed by atoms with E-state index in [2.05, 4.69) is 10.6 Å². The Morgan fingerprint density at radius 1 is 0.963 bits per heavy atom. The van der Waals surface area contributed by atoms with Crippen LogP contribution in [0.25, 0.3) is 0 Å². The van der Waals surface area contributed by atoms with Gasteiger partial charge in [-0.05, 0) is 37.1 Å². The molecule has 1 fully saturated rings. The minimum atomic E-state index is -0.201. The molecule has 0 spiro atoms. The van der Waals surface area contributed by atoms with E-state index in [-0.39, 0.29) is 18.4 Å². The second-order valence-electron chi connectivity index (χ2n) is 6.81. The number of amides is 2. The van der Waals surface area contributed by atoms with Gasteiger partial charge in [0, 0.05) is 18.8 Å². The van der Waals surface area contributed by atoms with E-state index in [4.69, 9.17) is 4.42 Å². The molecule has 0 bridgehead atoms.